The maximum absolute atomic E-state index is 12.6. The molecule has 1 saturated heterocycles. The third kappa shape index (κ3) is 4.60. The number of carboxylic acid groups (broad SMARTS) is 1. The van der Waals surface area contributed by atoms with Gasteiger partial charge in [0, 0.05) is 24.9 Å². The second-order valence-corrected chi connectivity index (χ2v) is 6.78. The Balaban J connectivity index is 2.04. The SMILES string of the molecule is CCC(C)C(N)C(=O)N1CCCC1C(=O)NC(Cc1cnc[nH]1)C(=O)O. The number of likely N-dealkylation sites (tertiary alicyclic amines) is 1. The van der Waals surface area contributed by atoms with Crippen molar-refractivity contribution in [2.75, 3.05) is 6.54 Å². The molecule has 26 heavy (non-hydrogen) atoms. The van der Waals surface area contributed by atoms with Crippen molar-refractivity contribution in [2.45, 2.75) is 57.7 Å². The number of hydrogen-bond acceptors (Lipinski definition) is 5. The van der Waals surface area contributed by atoms with Gasteiger partial charge in [-0.15, -0.1) is 0 Å². The molecule has 2 heterocycles. The Bertz CT molecular complexity index is 633. The number of carbonyl (C=O) groups is 3. The maximum atomic E-state index is 12.6. The average molecular weight is 365 g/mol. The number of amides is 2. The number of imidazole rings is 1. The van der Waals surface area contributed by atoms with E-state index < -0.39 is 30.0 Å². The van der Waals surface area contributed by atoms with E-state index >= 15 is 0 Å². The summed E-state index contributed by atoms with van der Waals surface area (Å²) in [6.45, 7) is 4.32. The molecule has 2 rings (SSSR count). The summed E-state index contributed by atoms with van der Waals surface area (Å²) in [6, 6.07) is -2.43. The van der Waals surface area contributed by atoms with E-state index in [1.807, 2.05) is 13.8 Å². The lowest BCUT2D eigenvalue weighted by molar-refractivity contribution is -0.144. The van der Waals surface area contributed by atoms with E-state index in [2.05, 4.69) is 15.3 Å². The predicted octanol–water partition coefficient (Wildman–Crippen LogP) is -0.114. The predicted molar refractivity (Wildman–Crippen MR) is 94.0 cm³/mol. The molecule has 1 aliphatic rings. The molecule has 9 nitrogen and oxygen atoms in total. The maximum Gasteiger partial charge on any atom is 0.326 e. The Hall–Kier alpha value is -2.42. The zero-order chi connectivity index (χ0) is 19.3. The largest absolute Gasteiger partial charge is 0.480 e. The number of nitrogens with two attached hydrogens (primary N) is 1. The van der Waals surface area contributed by atoms with Crippen LogP contribution in [0.1, 0.15) is 38.8 Å². The van der Waals surface area contributed by atoms with Crippen LogP contribution in [-0.2, 0) is 20.8 Å². The summed E-state index contributed by atoms with van der Waals surface area (Å²) in [5.74, 6) is -1.84. The second-order valence-electron chi connectivity index (χ2n) is 6.78. The molecule has 9 heteroatoms. The van der Waals surface area contributed by atoms with E-state index in [1.54, 1.807) is 0 Å². The molecule has 0 aliphatic carbocycles. The van der Waals surface area contributed by atoms with Gasteiger partial charge in [-0.1, -0.05) is 20.3 Å². The van der Waals surface area contributed by atoms with Crippen LogP contribution < -0.4 is 11.1 Å². The lowest BCUT2D eigenvalue weighted by Crippen LogP contribution is -2.55. The summed E-state index contributed by atoms with van der Waals surface area (Å²) in [4.78, 5) is 44.9. The van der Waals surface area contributed by atoms with Gasteiger partial charge in [0.1, 0.15) is 12.1 Å². The van der Waals surface area contributed by atoms with Crippen LogP contribution in [0.5, 0.6) is 0 Å². The third-order valence-electron chi connectivity index (χ3n) is 4.97. The van der Waals surface area contributed by atoms with Gasteiger partial charge in [0.25, 0.3) is 0 Å². The van der Waals surface area contributed by atoms with Gasteiger partial charge in [0.15, 0.2) is 0 Å². The van der Waals surface area contributed by atoms with Crippen LogP contribution in [0.25, 0.3) is 0 Å². The van der Waals surface area contributed by atoms with E-state index in [-0.39, 0.29) is 18.2 Å². The van der Waals surface area contributed by atoms with Crippen molar-refractivity contribution in [1.82, 2.24) is 20.2 Å². The first-order valence-corrected chi connectivity index (χ1v) is 8.91. The lowest BCUT2D eigenvalue weighted by Gasteiger charge is -2.29. The van der Waals surface area contributed by atoms with Crippen molar-refractivity contribution in [3.63, 3.8) is 0 Å². The van der Waals surface area contributed by atoms with E-state index in [0.717, 1.165) is 6.42 Å². The molecule has 1 aromatic heterocycles. The summed E-state index contributed by atoms with van der Waals surface area (Å²) in [5, 5.41) is 11.9. The zero-order valence-corrected chi connectivity index (χ0v) is 15.1. The Morgan fingerprint density at radius 1 is 1.50 bits per heavy atom. The Morgan fingerprint density at radius 2 is 2.23 bits per heavy atom. The minimum atomic E-state index is -1.14. The standard InChI is InChI=1S/C17H27N5O4/c1-3-10(2)14(18)16(24)22-6-4-5-13(22)15(23)21-12(17(25)26)7-11-8-19-9-20-11/h8-10,12-14H,3-7,18H2,1-2H3,(H,19,20)(H,21,23)(H,25,26). The molecule has 2 amide bonds. The first kappa shape index (κ1) is 19.9. The number of aliphatic carboxylic acids is 1. The van der Waals surface area contributed by atoms with Gasteiger partial charge in [-0.3, -0.25) is 9.59 Å². The van der Waals surface area contributed by atoms with Crippen molar-refractivity contribution < 1.29 is 19.5 Å². The number of carbonyl (C=O) groups excluding carboxylic acids is 2. The molecular formula is C17H27N5O4. The summed E-state index contributed by atoms with van der Waals surface area (Å²) in [7, 11) is 0. The van der Waals surface area contributed by atoms with Crippen molar-refractivity contribution in [1.29, 1.82) is 0 Å². The van der Waals surface area contributed by atoms with Gasteiger partial charge >= 0.3 is 5.97 Å². The quantitative estimate of drug-likeness (QED) is 0.506. The van der Waals surface area contributed by atoms with Crippen LogP contribution in [0.4, 0.5) is 0 Å². The fourth-order valence-electron chi connectivity index (χ4n) is 3.08. The van der Waals surface area contributed by atoms with Gasteiger partial charge in [-0.25, -0.2) is 9.78 Å². The Labute approximate surface area is 152 Å². The Kier molecular flexibility index (Phi) is 6.73. The van der Waals surface area contributed by atoms with E-state index in [4.69, 9.17) is 5.73 Å². The molecule has 5 N–H and O–H groups in total. The fraction of sp³-hybridized carbons (Fsp3) is 0.647. The third-order valence-corrected chi connectivity index (χ3v) is 4.97. The van der Waals surface area contributed by atoms with Gasteiger partial charge in [-0.2, -0.15) is 0 Å². The summed E-state index contributed by atoms with van der Waals surface area (Å²) >= 11 is 0. The number of carboxylic acids is 1. The lowest BCUT2D eigenvalue weighted by atomic mass is 9.98. The van der Waals surface area contributed by atoms with Gasteiger partial charge in [0.2, 0.25) is 11.8 Å². The van der Waals surface area contributed by atoms with Crippen molar-refractivity contribution in [2.24, 2.45) is 11.7 Å². The summed E-state index contributed by atoms with van der Waals surface area (Å²) in [5.41, 5.74) is 6.63. The molecule has 1 aliphatic heterocycles. The molecule has 0 saturated carbocycles. The van der Waals surface area contributed by atoms with Crippen molar-refractivity contribution in [3.8, 4) is 0 Å². The highest BCUT2D eigenvalue weighted by molar-refractivity contribution is 5.92. The molecule has 0 radical (unpaired) electrons. The highest BCUT2D eigenvalue weighted by Gasteiger charge is 2.38. The summed E-state index contributed by atoms with van der Waals surface area (Å²) in [6.07, 6.45) is 5.01. The van der Waals surface area contributed by atoms with Crippen LogP contribution in [0.3, 0.4) is 0 Å². The van der Waals surface area contributed by atoms with Crippen LogP contribution >= 0.6 is 0 Å². The first-order chi connectivity index (χ1) is 12.3. The second kappa shape index (κ2) is 8.79. The molecule has 4 atom stereocenters. The van der Waals surface area contributed by atoms with Crippen molar-refractivity contribution in [3.05, 3.63) is 18.2 Å². The molecule has 4 unspecified atom stereocenters. The number of nitrogens with zero attached hydrogens (tertiary/aromatic N) is 2. The van der Waals surface area contributed by atoms with Crippen LogP contribution in [0.2, 0.25) is 0 Å². The number of aromatic amines is 1. The number of nitrogens with one attached hydrogen (secondary N) is 2. The Morgan fingerprint density at radius 3 is 2.81 bits per heavy atom. The van der Waals surface area contributed by atoms with Gasteiger partial charge in [0.05, 0.1) is 12.4 Å². The topological polar surface area (TPSA) is 141 Å². The molecule has 0 spiro atoms. The molecule has 1 aromatic rings. The molecule has 144 valence electrons. The molecule has 0 aromatic carbocycles. The van der Waals surface area contributed by atoms with Crippen LogP contribution in [0.15, 0.2) is 12.5 Å². The molecule has 0 bridgehead atoms. The number of aromatic nitrogens is 2. The minimum absolute atomic E-state index is 0.0129. The highest BCUT2D eigenvalue weighted by Crippen LogP contribution is 2.20. The van der Waals surface area contributed by atoms with Crippen LogP contribution in [-0.4, -0.2) is 62.4 Å². The molecule has 1 fully saturated rings. The van der Waals surface area contributed by atoms with E-state index in [1.165, 1.54) is 17.4 Å². The summed E-state index contributed by atoms with van der Waals surface area (Å²) < 4.78 is 0. The monoisotopic (exact) mass is 365 g/mol. The number of H-pyrrole nitrogens is 1. The van der Waals surface area contributed by atoms with Gasteiger partial charge in [-0.05, 0) is 18.8 Å². The number of hydrogen-bond donors (Lipinski definition) is 4. The fourth-order valence-corrected chi connectivity index (χ4v) is 3.08. The van der Waals surface area contributed by atoms with E-state index in [9.17, 15) is 19.5 Å². The first-order valence-electron chi connectivity index (χ1n) is 8.91. The number of rotatable bonds is 8. The highest BCUT2D eigenvalue weighted by atomic mass is 16.4. The van der Waals surface area contributed by atoms with Crippen molar-refractivity contribution >= 4 is 17.8 Å². The minimum Gasteiger partial charge on any atom is -0.480 e. The smallest absolute Gasteiger partial charge is 0.326 e. The zero-order valence-electron chi connectivity index (χ0n) is 15.1. The molecular weight excluding hydrogens is 338 g/mol. The van der Waals surface area contributed by atoms with Crippen LogP contribution in [0, 0.1) is 5.92 Å². The van der Waals surface area contributed by atoms with E-state index in [0.29, 0.717) is 25.1 Å². The van der Waals surface area contributed by atoms with Gasteiger partial charge < -0.3 is 26.0 Å². The normalized spacial score (nSPS) is 20.4. The average Bonchev–Trinajstić information content (AvgIpc) is 3.30.